The monoisotopic (exact) mass is 259 g/mol. The average molecular weight is 261 g/mol. The number of ether oxygens (including phenoxy) is 1. The van der Waals surface area contributed by atoms with Gasteiger partial charge in [0.05, 0.1) is 0 Å². The van der Waals surface area contributed by atoms with Crippen molar-refractivity contribution in [2.45, 2.75) is 0 Å². The molecule has 1 heterocycles. The predicted octanol–water partition coefficient (Wildman–Crippen LogP) is 2.09. The first-order chi connectivity index (χ1) is 4.97. The van der Waals surface area contributed by atoms with Gasteiger partial charge in [-0.25, -0.2) is 0 Å². The van der Waals surface area contributed by atoms with Crippen LogP contribution < -0.4 is 4.74 Å². The fourth-order valence-corrected chi connectivity index (χ4v) is 1.06. The molecular weight excluding hydrogens is 253 g/mol. The molecular formula is C9H8CuOZn. The fraction of sp³-hybridized carbons (Fsp3) is 0.111. The van der Waals surface area contributed by atoms with Crippen LogP contribution >= 0.6 is 0 Å². The first kappa shape index (κ1) is 11.9. The zero-order valence-electron chi connectivity index (χ0n) is 6.59. The molecule has 0 unspecified atom stereocenters. The maximum Gasteiger partial charge on any atom is 0.126 e. The molecule has 0 saturated carbocycles. The van der Waals surface area contributed by atoms with E-state index in [0.29, 0.717) is 6.61 Å². The standard InChI is InChI=1S/C9H8O.Cu.Zn/c1-2-6-9-8(4-1)5-3-7-10-9;;/h1-6H,7H2;;. The third-order valence-electron chi connectivity index (χ3n) is 1.55. The predicted molar refractivity (Wildman–Crippen MR) is 41.0 cm³/mol. The van der Waals surface area contributed by atoms with Gasteiger partial charge in [0.2, 0.25) is 0 Å². The molecule has 0 amide bonds. The normalized spacial score (nSPS) is 11.7. The maximum atomic E-state index is 5.34. The van der Waals surface area contributed by atoms with E-state index in [9.17, 15) is 0 Å². The molecule has 0 fully saturated rings. The summed E-state index contributed by atoms with van der Waals surface area (Å²) in [5.74, 6) is 0.991. The summed E-state index contributed by atoms with van der Waals surface area (Å²) in [6, 6.07) is 8.03. The van der Waals surface area contributed by atoms with Crippen LogP contribution in [-0.4, -0.2) is 6.61 Å². The van der Waals surface area contributed by atoms with Crippen molar-refractivity contribution in [3.8, 4) is 5.75 Å². The van der Waals surface area contributed by atoms with Gasteiger partial charge in [-0.15, -0.1) is 0 Å². The van der Waals surface area contributed by atoms with Gasteiger partial charge in [-0.05, 0) is 12.1 Å². The minimum absolute atomic E-state index is 0. The van der Waals surface area contributed by atoms with Crippen molar-refractivity contribution >= 4 is 6.08 Å². The summed E-state index contributed by atoms with van der Waals surface area (Å²) in [7, 11) is 0. The molecule has 0 aromatic heterocycles. The van der Waals surface area contributed by atoms with Crippen molar-refractivity contribution in [2.75, 3.05) is 6.61 Å². The number of rotatable bonds is 0. The van der Waals surface area contributed by atoms with E-state index in [-0.39, 0.29) is 36.5 Å². The smallest absolute Gasteiger partial charge is 0.126 e. The summed E-state index contributed by atoms with van der Waals surface area (Å²) in [4.78, 5) is 0. The average Bonchev–Trinajstić information content (AvgIpc) is 2.05. The SMILES string of the molecule is C1=Cc2ccccc2OC1.[Cu].[Zn]. The molecule has 12 heavy (non-hydrogen) atoms. The largest absolute Gasteiger partial charge is 0.489 e. The Morgan fingerprint density at radius 3 is 2.67 bits per heavy atom. The molecule has 0 spiro atoms. The van der Waals surface area contributed by atoms with E-state index in [2.05, 4.69) is 6.08 Å². The molecule has 1 aliphatic heterocycles. The number of hydrogen-bond donors (Lipinski definition) is 0. The van der Waals surface area contributed by atoms with Gasteiger partial charge >= 0.3 is 0 Å². The van der Waals surface area contributed by atoms with Gasteiger partial charge in [0.25, 0.3) is 0 Å². The summed E-state index contributed by atoms with van der Waals surface area (Å²) in [6.45, 7) is 0.705. The van der Waals surface area contributed by atoms with E-state index in [1.807, 2.05) is 30.3 Å². The Balaban J connectivity index is 0.000000605. The van der Waals surface area contributed by atoms with E-state index in [4.69, 9.17) is 4.74 Å². The topological polar surface area (TPSA) is 9.23 Å². The van der Waals surface area contributed by atoms with Crippen LogP contribution in [0.25, 0.3) is 6.08 Å². The molecule has 1 radical (unpaired) electrons. The van der Waals surface area contributed by atoms with Crippen LogP contribution in [0.15, 0.2) is 30.3 Å². The van der Waals surface area contributed by atoms with Crippen LogP contribution in [0.1, 0.15) is 5.56 Å². The Morgan fingerprint density at radius 2 is 1.92 bits per heavy atom. The van der Waals surface area contributed by atoms with Crippen molar-refractivity contribution < 1.29 is 41.3 Å². The van der Waals surface area contributed by atoms with Crippen molar-refractivity contribution in [1.29, 1.82) is 0 Å². The molecule has 1 aromatic carbocycles. The number of hydrogen-bond acceptors (Lipinski definition) is 1. The minimum atomic E-state index is 0. The molecule has 1 nitrogen and oxygen atoms in total. The van der Waals surface area contributed by atoms with Crippen molar-refractivity contribution in [1.82, 2.24) is 0 Å². The molecule has 1 aliphatic rings. The molecule has 1 aromatic rings. The van der Waals surface area contributed by atoms with Gasteiger partial charge in [-0.1, -0.05) is 24.3 Å². The second kappa shape index (κ2) is 5.53. The first-order valence-electron chi connectivity index (χ1n) is 3.35. The van der Waals surface area contributed by atoms with Gasteiger partial charge in [-0.3, -0.25) is 0 Å². The van der Waals surface area contributed by atoms with Crippen molar-refractivity contribution in [2.24, 2.45) is 0 Å². The van der Waals surface area contributed by atoms with Crippen LogP contribution in [0, 0.1) is 0 Å². The molecule has 0 N–H and O–H groups in total. The van der Waals surface area contributed by atoms with Gasteiger partial charge in [-0.2, -0.15) is 0 Å². The van der Waals surface area contributed by atoms with Crippen LogP contribution in [0.3, 0.4) is 0 Å². The summed E-state index contributed by atoms with van der Waals surface area (Å²) < 4.78 is 5.34. The van der Waals surface area contributed by atoms with Gasteiger partial charge in [0.15, 0.2) is 0 Å². The summed E-state index contributed by atoms with van der Waals surface area (Å²) in [5, 5.41) is 0. The fourth-order valence-electron chi connectivity index (χ4n) is 1.06. The van der Waals surface area contributed by atoms with Crippen LogP contribution in [0.2, 0.25) is 0 Å². The van der Waals surface area contributed by atoms with E-state index in [1.165, 1.54) is 5.56 Å². The van der Waals surface area contributed by atoms with Gasteiger partial charge in [0, 0.05) is 42.1 Å². The Kier molecular flexibility index (Phi) is 5.49. The first-order valence-corrected chi connectivity index (χ1v) is 3.35. The second-order valence-electron chi connectivity index (χ2n) is 2.25. The third-order valence-corrected chi connectivity index (χ3v) is 1.55. The number of benzene rings is 1. The zero-order chi connectivity index (χ0) is 6.81. The maximum absolute atomic E-state index is 5.34. The Morgan fingerprint density at radius 1 is 1.17 bits per heavy atom. The molecule has 0 saturated heterocycles. The van der Waals surface area contributed by atoms with Crippen LogP contribution in [-0.2, 0) is 36.5 Å². The van der Waals surface area contributed by atoms with E-state index in [0.717, 1.165) is 5.75 Å². The summed E-state index contributed by atoms with van der Waals surface area (Å²) in [5.41, 5.74) is 1.17. The molecule has 2 rings (SSSR count). The molecule has 0 atom stereocenters. The summed E-state index contributed by atoms with van der Waals surface area (Å²) in [6.07, 6.45) is 4.10. The van der Waals surface area contributed by atoms with Gasteiger partial charge < -0.3 is 4.74 Å². The second-order valence-corrected chi connectivity index (χ2v) is 2.25. The Bertz CT molecular complexity index is 273. The van der Waals surface area contributed by atoms with Gasteiger partial charge in [0.1, 0.15) is 12.4 Å². The van der Waals surface area contributed by atoms with Crippen LogP contribution in [0.4, 0.5) is 0 Å². The van der Waals surface area contributed by atoms with E-state index >= 15 is 0 Å². The number of fused-ring (bicyclic) bond motifs is 1. The third kappa shape index (κ3) is 2.45. The number of para-hydroxylation sites is 1. The summed E-state index contributed by atoms with van der Waals surface area (Å²) >= 11 is 0. The van der Waals surface area contributed by atoms with Crippen LogP contribution in [0.5, 0.6) is 5.75 Å². The molecule has 3 heteroatoms. The molecule has 0 bridgehead atoms. The molecule has 63 valence electrons. The van der Waals surface area contributed by atoms with E-state index < -0.39 is 0 Å². The Labute approximate surface area is 95.4 Å². The van der Waals surface area contributed by atoms with Crippen molar-refractivity contribution in [3.05, 3.63) is 35.9 Å². The Hall–Kier alpha value is -0.0971. The minimum Gasteiger partial charge on any atom is -0.489 e. The quantitative estimate of drug-likeness (QED) is 0.650. The zero-order valence-corrected chi connectivity index (χ0v) is 10.5. The van der Waals surface area contributed by atoms with E-state index in [1.54, 1.807) is 0 Å². The van der Waals surface area contributed by atoms with Crippen molar-refractivity contribution in [3.63, 3.8) is 0 Å². The molecule has 0 aliphatic carbocycles.